The van der Waals surface area contributed by atoms with Crippen LogP contribution in [0.5, 0.6) is 0 Å². The molecule has 1 fully saturated rings. The Morgan fingerprint density at radius 2 is 1.96 bits per heavy atom. The Morgan fingerprint density at radius 1 is 1.20 bits per heavy atom. The highest BCUT2D eigenvalue weighted by molar-refractivity contribution is 14.1. The molecule has 0 aliphatic carbocycles. The largest absolute Gasteiger partial charge is 0.335 e. The van der Waals surface area contributed by atoms with Gasteiger partial charge in [0.2, 0.25) is 5.91 Å². The molecule has 3 rings (SSSR count). The van der Waals surface area contributed by atoms with Crippen LogP contribution in [-0.2, 0) is 4.79 Å². The van der Waals surface area contributed by atoms with E-state index in [-0.39, 0.29) is 11.8 Å². The molecule has 1 aromatic heterocycles. The third-order valence-corrected chi connectivity index (χ3v) is 5.75. The molecule has 0 bridgehead atoms. The number of hydrogen-bond donors (Lipinski definition) is 1. The monoisotopic (exact) mass is 469 g/mol. The third kappa shape index (κ3) is 4.80. The summed E-state index contributed by atoms with van der Waals surface area (Å²) < 4.78 is 1.15. The maximum atomic E-state index is 12.3. The van der Waals surface area contributed by atoms with Crippen LogP contribution in [0.25, 0.3) is 0 Å². The summed E-state index contributed by atoms with van der Waals surface area (Å²) in [4.78, 5) is 29.4. The molecule has 2 heterocycles. The molecule has 1 aliphatic rings. The normalized spacial score (nSPS) is 15.2. The summed E-state index contributed by atoms with van der Waals surface area (Å²) in [5.74, 6) is 0.0796. The van der Waals surface area contributed by atoms with Gasteiger partial charge in [0.1, 0.15) is 0 Å². The molecule has 5 nitrogen and oxygen atoms in total. The number of hydrogen-bond acceptors (Lipinski definition) is 4. The molecule has 2 aromatic rings. The number of piperazine rings is 1. The summed E-state index contributed by atoms with van der Waals surface area (Å²) in [5.41, 5.74) is 1.92. The molecule has 1 saturated heterocycles. The lowest BCUT2D eigenvalue weighted by molar-refractivity contribution is -0.117. The first-order valence-corrected chi connectivity index (χ1v) is 10.1. The molecule has 1 aliphatic heterocycles. The number of amides is 2. The summed E-state index contributed by atoms with van der Waals surface area (Å²) in [5, 5.41) is 4.90. The van der Waals surface area contributed by atoms with Crippen molar-refractivity contribution in [3.05, 3.63) is 49.7 Å². The van der Waals surface area contributed by atoms with E-state index in [0.717, 1.165) is 32.8 Å². The number of rotatable bonds is 4. The number of anilines is 1. The van der Waals surface area contributed by atoms with Crippen LogP contribution in [0, 0.1) is 10.5 Å². The minimum Gasteiger partial charge on any atom is -0.335 e. The number of halogens is 1. The first-order valence-electron chi connectivity index (χ1n) is 8.14. The first-order chi connectivity index (χ1) is 12.0. The van der Waals surface area contributed by atoms with Gasteiger partial charge in [-0.1, -0.05) is 6.07 Å². The molecule has 0 radical (unpaired) electrons. The van der Waals surface area contributed by atoms with Crippen LogP contribution in [0.2, 0.25) is 0 Å². The second-order valence-electron chi connectivity index (χ2n) is 6.05. The Hall–Kier alpha value is -1.45. The van der Waals surface area contributed by atoms with Gasteiger partial charge in [-0.05, 0) is 64.7 Å². The average molecular weight is 469 g/mol. The van der Waals surface area contributed by atoms with Gasteiger partial charge in [0, 0.05) is 35.4 Å². The Kier molecular flexibility index (Phi) is 6.08. The molecular weight excluding hydrogens is 449 g/mol. The lowest BCUT2D eigenvalue weighted by atomic mass is 10.2. The zero-order valence-electron chi connectivity index (χ0n) is 14.0. The van der Waals surface area contributed by atoms with Gasteiger partial charge in [0.15, 0.2) is 0 Å². The molecule has 7 heteroatoms. The molecule has 0 spiro atoms. The fourth-order valence-corrected chi connectivity index (χ4v) is 4.16. The van der Waals surface area contributed by atoms with Gasteiger partial charge in [-0.25, -0.2) is 0 Å². The zero-order valence-corrected chi connectivity index (χ0v) is 17.0. The quantitative estimate of drug-likeness (QED) is 0.701. The molecule has 25 heavy (non-hydrogen) atoms. The molecule has 0 atom stereocenters. The van der Waals surface area contributed by atoms with Gasteiger partial charge in [0.05, 0.1) is 11.4 Å². The fraction of sp³-hybridized carbons (Fsp3) is 0.333. The maximum absolute atomic E-state index is 12.3. The lowest BCUT2D eigenvalue weighted by Gasteiger charge is -2.34. The fourth-order valence-electron chi connectivity index (χ4n) is 2.83. The number of aryl methyl sites for hydroxylation is 1. The van der Waals surface area contributed by atoms with E-state index in [9.17, 15) is 9.59 Å². The van der Waals surface area contributed by atoms with E-state index in [1.807, 2.05) is 47.5 Å². The Labute approximate surface area is 165 Å². The second-order valence-corrected chi connectivity index (χ2v) is 8.25. The van der Waals surface area contributed by atoms with E-state index in [2.05, 4.69) is 32.8 Å². The van der Waals surface area contributed by atoms with Crippen molar-refractivity contribution < 1.29 is 9.59 Å². The van der Waals surface area contributed by atoms with Crippen LogP contribution >= 0.6 is 33.9 Å². The van der Waals surface area contributed by atoms with E-state index in [1.165, 1.54) is 11.3 Å². The van der Waals surface area contributed by atoms with Crippen LogP contribution in [0.1, 0.15) is 15.2 Å². The first kappa shape index (κ1) is 18.3. The van der Waals surface area contributed by atoms with Crippen molar-refractivity contribution in [2.75, 3.05) is 38.0 Å². The van der Waals surface area contributed by atoms with Crippen molar-refractivity contribution >= 4 is 51.4 Å². The number of nitrogens with zero attached hydrogens (tertiary/aromatic N) is 2. The predicted molar refractivity (Wildman–Crippen MR) is 109 cm³/mol. The molecular formula is C18H20IN3O2S. The van der Waals surface area contributed by atoms with Gasteiger partial charge >= 0.3 is 0 Å². The van der Waals surface area contributed by atoms with Crippen molar-refractivity contribution in [2.45, 2.75) is 6.92 Å². The SMILES string of the molecule is Cc1cc(I)ccc1NC(=O)CN1CCN(C(=O)c2cccs2)CC1. The minimum absolute atomic E-state index is 0.0117. The van der Waals surface area contributed by atoms with Crippen molar-refractivity contribution in [1.29, 1.82) is 0 Å². The topological polar surface area (TPSA) is 52.7 Å². The van der Waals surface area contributed by atoms with Crippen molar-refractivity contribution in [3.63, 3.8) is 0 Å². The standard InChI is InChI=1S/C18H20IN3O2S/c1-13-11-14(19)4-5-15(13)20-17(23)12-21-6-8-22(9-7-21)18(24)16-3-2-10-25-16/h2-5,10-11H,6-9,12H2,1H3,(H,20,23). The highest BCUT2D eigenvalue weighted by atomic mass is 127. The molecule has 2 amide bonds. The Balaban J connectivity index is 1.48. The van der Waals surface area contributed by atoms with Gasteiger partial charge in [-0.3, -0.25) is 14.5 Å². The van der Waals surface area contributed by atoms with Crippen LogP contribution in [0.3, 0.4) is 0 Å². The number of nitrogens with one attached hydrogen (secondary N) is 1. The molecule has 0 saturated carbocycles. The Bertz CT molecular complexity index is 756. The van der Waals surface area contributed by atoms with Crippen molar-refractivity contribution in [1.82, 2.24) is 9.80 Å². The third-order valence-electron chi connectivity index (χ3n) is 4.22. The number of benzene rings is 1. The van der Waals surface area contributed by atoms with Crippen molar-refractivity contribution in [2.24, 2.45) is 0 Å². The zero-order chi connectivity index (χ0) is 17.8. The smallest absolute Gasteiger partial charge is 0.264 e. The van der Waals surface area contributed by atoms with Crippen LogP contribution in [-0.4, -0.2) is 54.3 Å². The average Bonchev–Trinajstić information content (AvgIpc) is 3.12. The van der Waals surface area contributed by atoms with Gasteiger partial charge < -0.3 is 10.2 Å². The number of thiophene rings is 1. The summed E-state index contributed by atoms with van der Waals surface area (Å²) in [6.45, 7) is 5.10. The summed E-state index contributed by atoms with van der Waals surface area (Å²) in [6.07, 6.45) is 0. The van der Waals surface area contributed by atoms with Crippen LogP contribution < -0.4 is 5.32 Å². The molecule has 0 unspecified atom stereocenters. The number of carbonyl (C=O) groups excluding carboxylic acids is 2. The number of carbonyl (C=O) groups is 2. The van der Waals surface area contributed by atoms with E-state index >= 15 is 0 Å². The lowest BCUT2D eigenvalue weighted by Crippen LogP contribution is -2.50. The van der Waals surface area contributed by atoms with Crippen LogP contribution in [0.4, 0.5) is 5.69 Å². The second kappa shape index (κ2) is 8.29. The predicted octanol–water partition coefficient (Wildman–Crippen LogP) is 3.06. The molecule has 132 valence electrons. The van der Waals surface area contributed by atoms with Crippen molar-refractivity contribution in [3.8, 4) is 0 Å². The van der Waals surface area contributed by atoms with E-state index < -0.39 is 0 Å². The summed E-state index contributed by atoms with van der Waals surface area (Å²) >= 11 is 3.73. The highest BCUT2D eigenvalue weighted by Crippen LogP contribution is 2.18. The summed E-state index contributed by atoms with van der Waals surface area (Å²) in [6, 6.07) is 9.72. The van der Waals surface area contributed by atoms with E-state index in [0.29, 0.717) is 19.6 Å². The maximum Gasteiger partial charge on any atom is 0.264 e. The van der Waals surface area contributed by atoms with E-state index in [4.69, 9.17) is 0 Å². The van der Waals surface area contributed by atoms with E-state index in [1.54, 1.807) is 0 Å². The van der Waals surface area contributed by atoms with Gasteiger partial charge in [0.25, 0.3) is 5.91 Å². The molecule has 1 N–H and O–H groups in total. The van der Waals surface area contributed by atoms with Gasteiger partial charge in [-0.15, -0.1) is 11.3 Å². The summed E-state index contributed by atoms with van der Waals surface area (Å²) in [7, 11) is 0. The molecule has 1 aromatic carbocycles. The minimum atomic E-state index is -0.0117. The van der Waals surface area contributed by atoms with Crippen LogP contribution in [0.15, 0.2) is 35.7 Å². The highest BCUT2D eigenvalue weighted by Gasteiger charge is 2.23. The Morgan fingerprint density at radius 3 is 2.60 bits per heavy atom. The van der Waals surface area contributed by atoms with Gasteiger partial charge in [-0.2, -0.15) is 0 Å².